The van der Waals surface area contributed by atoms with Gasteiger partial charge in [0.15, 0.2) is 0 Å². The summed E-state index contributed by atoms with van der Waals surface area (Å²) in [6.45, 7) is 0.945. The number of likely N-dealkylation sites (N-methyl/N-ethyl adjacent to an activating group) is 1. The maximum atomic E-state index is 12.2. The predicted octanol–water partition coefficient (Wildman–Crippen LogP) is -0.392. The lowest BCUT2D eigenvalue weighted by atomic mass is 10.0. The number of hydrogen-bond acceptors (Lipinski definition) is 4. The molecule has 6 heteroatoms. The summed E-state index contributed by atoms with van der Waals surface area (Å²) in [7, 11) is 1.86. The summed E-state index contributed by atoms with van der Waals surface area (Å²) in [4.78, 5) is 28.3. The minimum atomic E-state index is -0.621. The van der Waals surface area contributed by atoms with Crippen LogP contribution in [0.15, 0.2) is 24.3 Å². The molecule has 0 unspecified atom stereocenters. The fourth-order valence-electron chi connectivity index (χ4n) is 1.91. The Morgan fingerprint density at radius 2 is 2.26 bits per heavy atom. The first-order valence-electron chi connectivity index (χ1n) is 6.17. The average Bonchev–Trinajstić information content (AvgIpc) is 2.82. The predicted molar refractivity (Wildman–Crippen MR) is 69.4 cm³/mol. The number of carbonyl (C=O) groups excluding carboxylic acids is 2. The molecule has 1 atom stereocenters. The van der Waals surface area contributed by atoms with Crippen LogP contribution in [0, 0.1) is 0 Å². The molecule has 0 radical (unpaired) electrons. The van der Waals surface area contributed by atoms with Gasteiger partial charge in [0, 0.05) is 5.56 Å². The number of carbonyl (C=O) groups is 2. The zero-order chi connectivity index (χ0) is 13.7. The minimum Gasteiger partial charge on any atom is -0.338 e. The van der Waals surface area contributed by atoms with E-state index in [0.29, 0.717) is 5.56 Å². The summed E-state index contributed by atoms with van der Waals surface area (Å²) in [5, 5.41) is 5.71. The van der Waals surface area contributed by atoms with E-state index in [1.165, 1.54) is 0 Å². The highest BCUT2D eigenvalue weighted by atomic mass is 16.7. The van der Waals surface area contributed by atoms with Crippen LogP contribution in [0.5, 0.6) is 0 Å². The molecule has 1 aromatic carbocycles. The van der Waals surface area contributed by atoms with Crippen molar-refractivity contribution >= 4 is 11.8 Å². The van der Waals surface area contributed by atoms with Crippen molar-refractivity contribution in [3.8, 4) is 0 Å². The monoisotopic (exact) mass is 263 g/mol. The van der Waals surface area contributed by atoms with E-state index in [1.54, 1.807) is 6.07 Å². The zero-order valence-electron chi connectivity index (χ0n) is 10.7. The molecule has 0 aromatic heterocycles. The molecule has 0 spiro atoms. The summed E-state index contributed by atoms with van der Waals surface area (Å²) in [6.07, 6.45) is 0.757. The van der Waals surface area contributed by atoms with Gasteiger partial charge in [-0.25, -0.2) is 5.48 Å². The van der Waals surface area contributed by atoms with Crippen LogP contribution in [0.4, 0.5) is 0 Å². The second kappa shape index (κ2) is 6.31. The summed E-state index contributed by atoms with van der Waals surface area (Å²) in [5.41, 5.74) is 3.76. The van der Waals surface area contributed by atoms with E-state index < -0.39 is 6.04 Å². The molecule has 1 aliphatic heterocycles. The molecule has 2 rings (SSSR count). The number of hydrogen-bond donors (Lipinski definition) is 3. The average molecular weight is 263 g/mol. The smallest absolute Gasteiger partial charge is 0.268 e. The van der Waals surface area contributed by atoms with Crippen molar-refractivity contribution in [2.75, 3.05) is 20.2 Å². The Labute approximate surface area is 111 Å². The van der Waals surface area contributed by atoms with Crippen molar-refractivity contribution in [3.63, 3.8) is 0 Å². The molecule has 3 N–H and O–H groups in total. The number of nitrogens with one attached hydrogen (secondary N) is 3. The minimum absolute atomic E-state index is 0.156. The lowest BCUT2D eigenvalue weighted by Crippen LogP contribution is -2.42. The van der Waals surface area contributed by atoms with Crippen LogP contribution in [0.2, 0.25) is 0 Å². The second-order valence-corrected chi connectivity index (χ2v) is 4.31. The zero-order valence-corrected chi connectivity index (χ0v) is 10.7. The van der Waals surface area contributed by atoms with Crippen molar-refractivity contribution in [3.05, 3.63) is 35.4 Å². The molecular formula is C13H17N3O3. The van der Waals surface area contributed by atoms with Crippen LogP contribution in [-0.4, -0.2) is 38.1 Å². The Morgan fingerprint density at radius 3 is 2.95 bits per heavy atom. The van der Waals surface area contributed by atoms with Gasteiger partial charge in [0.25, 0.3) is 11.8 Å². The lowest BCUT2D eigenvalue weighted by molar-refractivity contribution is -0.125. The van der Waals surface area contributed by atoms with E-state index in [2.05, 4.69) is 16.1 Å². The Bertz CT molecular complexity index is 476. The van der Waals surface area contributed by atoms with Gasteiger partial charge >= 0.3 is 0 Å². The fourth-order valence-corrected chi connectivity index (χ4v) is 1.91. The van der Waals surface area contributed by atoms with Gasteiger partial charge in [-0.2, -0.15) is 0 Å². The molecule has 1 fully saturated rings. The third kappa shape index (κ3) is 3.30. The summed E-state index contributed by atoms with van der Waals surface area (Å²) < 4.78 is 0. The first kappa shape index (κ1) is 13.5. The van der Waals surface area contributed by atoms with E-state index in [9.17, 15) is 9.59 Å². The van der Waals surface area contributed by atoms with Gasteiger partial charge in [-0.15, -0.1) is 0 Å². The van der Waals surface area contributed by atoms with E-state index in [1.807, 2.05) is 25.2 Å². The molecule has 1 saturated heterocycles. The van der Waals surface area contributed by atoms with Crippen molar-refractivity contribution in [2.24, 2.45) is 0 Å². The largest absolute Gasteiger partial charge is 0.338 e. The summed E-state index contributed by atoms with van der Waals surface area (Å²) >= 11 is 0. The van der Waals surface area contributed by atoms with Gasteiger partial charge in [0.05, 0.1) is 0 Å². The molecule has 1 aromatic rings. The number of hydroxylamine groups is 1. The normalized spacial score (nSPS) is 18.2. The number of benzene rings is 1. The van der Waals surface area contributed by atoms with Crippen molar-refractivity contribution < 1.29 is 14.4 Å². The van der Waals surface area contributed by atoms with Gasteiger partial charge in [0.1, 0.15) is 12.6 Å². The third-order valence-electron chi connectivity index (χ3n) is 2.95. The number of rotatable bonds is 5. The van der Waals surface area contributed by atoms with E-state index in [0.717, 1.165) is 18.5 Å². The molecule has 0 aliphatic carbocycles. The molecule has 1 aliphatic rings. The highest BCUT2D eigenvalue weighted by molar-refractivity contribution is 5.98. The molecule has 0 saturated carbocycles. The van der Waals surface area contributed by atoms with Crippen LogP contribution in [0.3, 0.4) is 0 Å². The highest BCUT2D eigenvalue weighted by Gasteiger charge is 2.27. The maximum Gasteiger partial charge on any atom is 0.268 e. The van der Waals surface area contributed by atoms with Gasteiger partial charge < -0.3 is 10.6 Å². The van der Waals surface area contributed by atoms with E-state index in [4.69, 9.17) is 4.84 Å². The molecule has 1 heterocycles. The summed E-state index contributed by atoms with van der Waals surface area (Å²) in [5.74, 6) is -0.571. The van der Waals surface area contributed by atoms with Crippen LogP contribution in [0.1, 0.15) is 15.9 Å². The summed E-state index contributed by atoms with van der Waals surface area (Å²) in [6, 6.07) is 6.76. The van der Waals surface area contributed by atoms with E-state index in [-0.39, 0.29) is 18.4 Å². The quantitative estimate of drug-likeness (QED) is 0.676. The lowest BCUT2D eigenvalue weighted by Gasteiger charge is -2.12. The molecule has 19 heavy (non-hydrogen) atoms. The Morgan fingerprint density at radius 1 is 1.47 bits per heavy atom. The van der Waals surface area contributed by atoms with Gasteiger partial charge in [-0.3, -0.25) is 14.4 Å². The fraction of sp³-hybridized carbons (Fsp3) is 0.385. The standard InChI is InChI=1S/C13H17N3O3/c1-14-7-6-9-4-2-3-5-10(9)12(17)15-11-8-19-16-13(11)18/h2-5,11,14H,6-8H2,1H3,(H,15,17)(H,16,18)/t11-/m1/s1. The van der Waals surface area contributed by atoms with Crippen LogP contribution in [-0.2, 0) is 16.1 Å². The Hall–Kier alpha value is -1.92. The molecule has 2 amide bonds. The number of amides is 2. The van der Waals surface area contributed by atoms with Crippen molar-refractivity contribution in [2.45, 2.75) is 12.5 Å². The van der Waals surface area contributed by atoms with Crippen LogP contribution < -0.4 is 16.1 Å². The van der Waals surface area contributed by atoms with Gasteiger partial charge in [0.2, 0.25) is 0 Å². The molecule has 6 nitrogen and oxygen atoms in total. The molecular weight excluding hydrogens is 246 g/mol. The van der Waals surface area contributed by atoms with E-state index >= 15 is 0 Å². The molecule has 102 valence electrons. The first-order valence-corrected chi connectivity index (χ1v) is 6.17. The first-order chi connectivity index (χ1) is 9.22. The maximum absolute atomic E-state index is 12.2. The van der Waals surface area contributed by atoms with Crippen LogP contribution in [0.25, 0.3) is 0 Å². The SMILES string of the molecule is CNCCc1ccccc1C(=O)N[C@@H]1CONC1=O. The topological polar surface area (TPSA) is 79.5 Å². The second-order valence-electron chi connectivity index (χ2n) is 4.31. The molecule has 0 bridgehead atoms. The van der Waals surface area contributed by atoms with Crippen LogP contribution >= 0.6 is 0 Å². The van der Waals surface area contributed by atoms with Gasteiger partial charge in [-0.1, -0.05) is 18.2 Å². The Kier molecular flexibility index (Phi) is 4.48. The van der Waals surface area contributed by atoms with Crippen molar-refractivity contribution in [1.82, 2.24) is 16.1 Å². The van der Waals surface area contributed by atoms with Gasteiger partial charge in [-0.05, 0) is 31.6 Å². The van der Waals surface area contributed by atoms with Crippen molar-refractivity contribution in [1.29, 1.82) is 0 Å². The third-order valence-corrected chi connectivity index (χ3v) is 2.95. The Balaban J connectivity index is 2.07. The highest BCUT2D eigenvalue weighted by Crippen LogP contribution is 2.10.